The number of anilines is 1. The Bertz CT molecular complexity index is 630. The number of nitrogens with zero attached hydrogens (tertiary/aromatic N) is 1. The largest absolute Gasteiger partial charge is 0.399 e. The van der Waals surface area contributed by atoms with Crippen molar-refractivity contribution in [3.8, 4) is 6.07 Å². The van der Waals surface area contributed by atoms with Crippen LogP contribution in [0.3, 0.4) is 0 Å². The van der Waals surface area contributed by atoms with Gasteiger partial charge in [0.25, 0.3) is 0 Å². The molecule has 2 rings (SSSR count). The minimum Gasteiger partial charge on any atom is -0.399 e. The normalized spacial score (nSPS) is 10.2. The fourth-order valence-electron chi connectivity index (χ4n) is 1.56. The molecule has 0 fully saturated rings. The molecule has 0 saturated heterocycles. The summed E-state index contributed by atoms with van der Waals surface area (Å²) in [6.45, 7) is 0. The maximum Gasteiger partial charge on any atom is 0.128 e. The van der Waals surface area contributed by atoms with Gasteiger partial charge < -0.3 is 5.73 Å². The van der Waals surface area contributed by atoms with Crippen LogP contribution in [0.4, 0.5) is 14.5 Å². The Morgan fingerprint density at radius 1 is 1.16 bits per heavy atom. The van der Waals surface area contributed by atoms with Crippen LogP contribution in [-0.4, -0.2) is 0 Å². The molecule has 0 aromatic heterocycles. The Labute approximate surface area is 113 Å². The summed E-state index contributed by atoms with van der Waals surface area (Å²) in [4.78, 5) is 0.640. The van der Waals surface area contributed by atoms with E-state index in [-0.39, 0.29) is 5.56 Å². The number of benzene rings is 2. The number of halogens is 2. The predicted octanol–water partition coefficient (Wildman–Crippen LogP) is 3.71. The van der Waals surface area contributed by atoms with Crippen molar-refractivity contribution in [3.63, 3.8) is 0 Å². The lowest BCUT2D eigenvalue weighted by Gasteiger charge is -2.05. The number of thioether (sulfide) groups is 1. The standard InChI is InChI=1S/C14H10F2N2S/c15-11-4-12(18)6-13(5-11)19-8-10-2-1-9(7-17)3-14(10)16/h1-6H,8,18H2. The van der Waals surface area contributed by atoms with Gasteiger partial charge in [0.15, 0.2) is 0 Å². The summed E-state index contributed by atoms with van der Waals surface area (Å²) in [6, 6.07) is 10.4. The summed E-state index contributed by atoms with van der Waals surface area (Å²) in [6.07, 6.45) is 0. The molecule has 19 heavy (non-hydrogen) atoms. The monoisotopic (exact) mass is 276 g/mol. The van der Waals surface area contributed by atoms with Crippen molar-refractivity contribution in [1.29, 1.82) is 5.26 Å². The van der Waals surface area contributed by atoms with E-state index in [0.29, 0.717) is 21.9 Å². The first kappa shape index (κ1) is 13.4. The molecule has 0 radical (unpaired) electrons. The number of hydrogen-bond donors (Lipinski definition) is 1. The third-order valence-corrected chi connectivity index (χ3v) is 3.49. The van der Waals surface area contributed by atoms with Gasteiger partial charge in [-0.3, -0.25) is 0 Å². The minimum atomic E-state index is -0.434. The molecule has 2 nitrogen and oxygen atoms in total. The van der Waals surface area contributed by atoms with Crippen molar-refractivity contribution >= 4 is 17.4 Å². The molecule has 0 aliphatic carbocycles. The predicted molar refractivity (Wildman–Crippen MR) is 71.5 cm³/mol. The Balaban J connectivity index is 2.12. The number of hydrogen-bond acceptors (Lipinski definition) is 3. The lowest BCUT2D eigenvalue weighted by atomic mass is 10.1. The van der Waals surface area contributed by atoms with Crippen molar-refractivity contribution in [2.45, 2.75) is 10.6 Å². The summed E-state index contributed by atoms with van der Waals surface area (Å²) < 4.78 is 26.8. The Morgan fingerprint density at radius 2 is 1.95 bits per heavy atom. The number of nitrogen functional groups attached to an aromatic ring is 1. The quantitative estimate of drug-likeness (QED) is 0.686. The minimum absolute atomic E-state index is 0.279. The average Bonchev–Trinajstić information content (AvgIpc) is 2.36. The molecule has 0 heterocycles. The van der Waals surface area contributed by atoms with Gasteiger partial charge in [-0.25, -0.2) is 8.78 Å². The third kappa shape index (κ3) is 3.46. The fraction of sp³-hybridized carbons (Fsp3) is 0.0714. The highest BCUT2D eigenvalue weighted by atomic mass is 32.2. The van der Waals surface area contributed by atoms with Gasteiger partial charge in [-0.05, 0) is 35.9 Å². The van der Waals surface area contributed by atoms with Crippen molar-refractivity contribution in [2.24, 2.45) is 0 Å². The highest BCUT2D eigenvalue weighted by Crippen LogP contribution is 2.26. The van der Waals surface area contributed by atoms with Crippen molar-refractivity contribution in [3.05, 3.63) is 59.2 Å². The molecule has 0 bridgehead atoms. The molecule has 2 N–H and O–H groups in total. The molecule has 2 aromatic carbocycles. The summed E-state index contributed by atoms with van der Waals surface area (Å²) in [5.74, 6) is -0.501. The number of nitriles is 1. The van der Waals surface area contributed by atoms with E-state index in [1.807, 2.05) is 6.07 Å². The third-order valence-electron chi connectivity index (χ3n) is 2.47. The second kappa shape index (κ2) is 5.72. The first-order chi connectivity index (χ1) is 9.08. The van der Waals surface area contributed by atoms with Crippen LogP contribution in [0.2, 0.25) is 0 Å². The molecular weight excluding hydrogens is 266 g/mol. The zero-order valence-corrected chi connectivity index (χ0v) is 10.7. The maximum absolute atomic E-state index is 13.6. The van der Waals surface area contributed by atoms with E-state index in [4.69, 9.17) is 11.0 Å². The van der Waals surface area contributed by atoms with E-state index in [1.165, 1.54) is 30.0 Å². The highest BCUT2D eigenvalue weighted by molar-refractivity contribution is 7.98. The molecule has 0 atom stereocenters. The second-order valence-corrected chi connectivity index (χ2v) is 4.98. The molecule has 2 aromatic rings. The van der Waals surface area contributed by atoms with Gasteiger partial charge in [0.1, 0.15) is 11.6 Å². The fourth-order valence-corrected chi connectivity index (χ4v) is 2.53. The number of rotatable bonds is 3. The smallest absolute Gasteiger partial charge is 0.128 e. The van der Waals surface area contributed by atoms with E-state index < -0.39 is 11.6 Å². The topological polar surface area (TPSA) is 49.8 Å². The van der Waals surface area contributed by atoms with Gasteiger partial charge >= 0.3 is 0 Å². The number of nitrogens with two attached hydrogens (primary N) is 1. The summed E-state index contributed by atoms with van der Waals surface area (Å²) >= 11 is 1.29. The van der Waals surface area contributed by atoms with E-state index in [2.05, 4.69) is 0 Å². The van der Waals surface area contributed by atoms with E-state index in [1.54, 1.807) is 18.2 Å². The van der Waals surface area contributed by atoms with Gasteiger partial charge in [0.2, 0.25) is 0 Å². The first-order valence-corrected chi connectivity index (χ1v) is 6.44. The Kier molecular flexibility index (Phi) is 4.03. The SMILES string of the molecule is N#Cc1ccc(CSc2cc(N)cc(F)c2)c(F)c1. The van der Waals surface area contributed by atoms with Crippen LogP contribution < -0.4 is 5.73 Å². The molecule has 0 saturated carbocycles. The van der Waals surface area contributed by atoms with Gasteiger partial charge in [-0.1, -0.05) is 6.07 Å². The molecule has 5 heteroatoms. The van der Waals surface area contributed by atoms with Gasteiger partial charge in [-0.2, -0.15) is 5.26 Å². The van der Waals surface area contributed by atoms with Crippen LogP contribution in [0.1, 0.15) is 11.1 Å². The average molecular weight is 276 g/mol. The van der Waals surface area contributed by atoms with Crippen LogP contribution in [0.25, 0.3) is 0 Å². The molecule has 0 aliphatic heterocycles. The van der Waals surface area contributed by atoms with Crippen LogP contribution in [0.5, 0.6) is 0 Å². The Morgan fingerprint density at radius 3 is 2.58 bits per heavy atom. The zero-order valence-electron chi connectivity index (χ0n) is 9.86. The first-order valence-electron chi connectivity index (χ1n) is 5.46. The molecular formula is C14H10F2N2S. The zero-order chi connectivity index (χ0) is 13.8. The van der Waals surface area contributed by atoms with Crippen molar-refractivity contribution < 1.29 is 8.78 Å². The second-order valence-electron chi connectivity index (χ2n) is 3.93. The van der Waals surface area contributed by atoms with Crippen LogP contribution >= 0.6 is 11.8 Å². The van der Waals surface area contributed by atoms with E-state index in [9.17, 15) is 8.78 Å². The molecule has 0 spiro atoms. The van der Waals surface area contributed by atoms with Crippen LogP contribution in [0, 0.1) is 23.0 Å². The summed E-state index contributed by atoms with van der Waals surface area (Å²) in [5.41, 5.74) is 6.61. The Hall–Kier alpha value is -2.06. The van der Waals surface area contributed by atoms with Crippen LogP contribution in [-0.2, 0) is 5.75 Å². The molecule has 96 valence electrons. The molecule has 0 amide bonds. The van der Waals surface area contributed by atoms with Gasteiger partial charge in [0, 0.05) is 16.3 Å². The summed E-state index contributed by atoms with van der Waals surface area (Å²) in [5, 5.41) is 8.64. The highest BCUT2D eigenvalue weighted by Gasteiger charge is 2.05. The molecule has 0 aliphatic rings. The maximum atomic E-state index is 13.6. The van der Waals surface area contributed by atoms with Gasteiger partial charge in [-0.15, -0.1) is 11.8 Å². The van der Waals surface area contributed by atoms with E-state index in [0.717, 1.165) is 0 Å². The van der Waals surface area contributed by atoms with Gasteiger partial charge in [0.05, 0.1) is 11.6 Å². The lowest BCUT2D eigenvalue weighted by molar-refractivity contribution is 0.617. The van der Waals surface area contributed by atoms with Crippen molar-refractivity contribution in [1.82, 2.24) is 0 Å². The lowest BCUT2D eigenvalue weighted by Crippen LogP contribution is -1.91. The van der Waals surface area contributed by atoms with Crippen LogP contribution in [0.15, 0.2) is 41.3 Å². The summed E-state index contributed by atoms with van der Waals surface area (Å²) in [7, 11) is 0. The molecule has 0 unspecified atom stereocenters. The van der Waals surface area contributed by atoms with Crippen molar-refractivity contribution in [2.75, 3.05) is 5.73 Å². The van der Waals surface area contributed by atoms with E-state index >= 15 is 0 Å².